The molecule has 0 aliphatic rings. The summed E-state index contributed by atoms with van der Waals surface area (Å²) in [5.74, 6) is -0.231. The Hall–Kier alpha value is -3.20. The SMILES string of the molecule is Cc1ccc(Cn2cc(Br)c(NC(=O)/C=C/c3ccc([N+](=O)[O-])o3)n2)cc1. The number of amides is 1. The Morgan fingerprint density at radius 3 is 2.74 bits per heavy atom. The Kier molecular flexibility index (Phi) is 5.51. The Bertz CT molecular complexity index is 1000. The first-order valence-corrected chi connectivity index (χ1v) is 8.72. The predicted octanol–water partition coefficient (Wildman–Crippen LogP) is 4.16. The quantitative estimate of drug-likeness (QED) is 0.359. The molecule has 8 nitrogen and oxygen atoms in total. The van der Waals surface area contributed by atoms with E-state index >= 15 is 0 Å². The molecule has 2 aromatic heterocycles. The Balaban J connectivity index is 1.63. The van der Waals surface area contributed by atoms with E-state index in [2.05, 4.69) is 26.3 Å². The fourth-order valence-electron chi connectivity index (χ4n) is 2.29. The van der Waals surface area contributed by atoms with Crippen molar-refractivity contribution in [1.29, 1.82) is 0 Å². The van der Waals surface area contributed by atoms with Gasteiger partial charge in [0, 0.05) is 12.3 Å². The van der Waals surface area contributed by atoms with Gasteiger partial charge < -0.3 is 9.73 Å². The highest BCUT2D eigenvalue weighted by Crippen LogP contribution is 2.21. The van der Waals surface area contributed by atoms with E-state index in [-0.39, 0.29) is 11.6 Å². The molecule has 1 amide bonds. The van der Waals surface area contributed by atoms with Crippen molar-refractivity contribution in [3.8, 4) is 0 Å². The molecule has 0 bridgehead atoms. The van der Waals surface area contributed by atoms with Gasteiger partial charge in [0.2, 0.25) is 5.91 Å². The summed E-state index contributed by atoms with van der Waals surface area (Å²) < 4.78 is 7.31. The van der Waals surface area contributed by atoms with Gasteiger partial charge in [0.1, 0.15) is 10.7 Å². The van der Waals surface area contributed by atoms with E-state index in [0.29, 0.717) is 16.8 Å². The van der Waals surface area contributed by atoms with Gasteiger partial charge in [0.25, 0.3) is 0 Å². The molecule has 9 heteroatoms. The first-order chi connectivity index (χ1) is 12.9. The summed E-state index contributed by atoms with van der Waals surface area (Å²) in [6, 6.07) is 10.7. The second-order valence-corrected chi connectivity index (χ2v) is 6.62. The number of anilines is 1. The molecule has 0 aliphatic carbocycles. The number of carbonyl (C=O) groups is 1. The highest BCUT2D eigenvalue weighted by Gasteiger charge is 2.11. The van der Waals surface area contributed by atoms with Crippen LogP contribution in [0, 0.1) is 17.0 Å². The van der Waals surface area contributed by atoms with Crippen LogP contribution >= 0.6 is 15.9 Å². The molecular formula is C18H15BrN4O4. The van der Waals surface area contributed by atoms with E-state index in [1.807, 2.05) is 31.2 Å². The number of benzene rings is 1. The summed E-state index contributed by atoms with van der Waals surface area (Å²) in [5, 5.41) is 17.6. The molecule has 0 aliphatic heterocycles. The van der Waals surface area contributed by atoms with Crippen LogP contribution in [-0.2, 0) is 11.3 Å². The van der Waals surface area contributed by atoms with E-state index in [1.54, 1.807) is 10.9 Å². The van der Waals surface area contributed by atoms with E-state index in [1.165, 1.54) is 29.8 Å². The standard InChI is InChI=1S/C18H15BrN4O4/c1-12-2-4-13(5-3-12)10-22-11-15(19)18(21-22)20-16(24)8-6-14-7-9-17(27-14)23(25)26/h2-9,11H,10H2,1H3,(H,20,21,24)/b8-6+. The minimum Gasteiger partial charge on any atom is -0.401 e. The fourth-order valence-corrected chi connectivity index (χ4v) is 2.70. The number of hydrogen-bond donors (Lipinski definition) is 1. The lowest BCUT2D eigenvalue weighted by Crippen LogP contribution is -2.09. The lowest BCUT2D eigenvalue weighted by molar-refractivity contribution is -0.402. The van der Waals surface area contributed by atoms with Gasteiger partial charge in [-0.25, -0.2) is 0 Å². The molecule has 1 N–H and O–H groups in total. The van der Waals surface area contributed by atoms with Gasteiger partial charge in [0.15, 0.2) is 5.82 Å². The molecule has 3 aromatic rings. The van der Waals surface area contributed by atoms with E-state index in [9.17, 15) is 14.9 Å². The van der Waals surface area contributed by atoms with Crippen LogP contribution in [0.4, 0.5) is 11.7 Å². The number of carbonyl (C=O) groups excluding carboxylic acids is 1. The first-order valence-electron chi connectivity index (χ1n) is 7.92. The lowest BCUT2D eigenvalue weighted by atomic mass is 10.1. The molecule has 0 fully saturated rings. The van der Waals surface area contributed by atoms with Crippen LogP contribution in [0.1, 0.15) is 16.9 Å². The summed E-state index contributed by atoms with van der Waals surface area (Å²) in [6.45, 7) is 2.59. The van der Waals surface area contributed by atoms with Crippen LogP contribution in [0.3, 0.4) is 0 Å². The monoisotopic (exact) mass is 430 g/mol. The van der Waals surface area contributed by atoms with Crippen LogP contribution in [0.15, 0.2) is 57.6 Å². The van der Waals surface area contributed by atoms with E-state index in [0.717, 1.165) is 5.56 Å². The molecule has 0 saturated heterocycles. The van der Waals surface area contributed by atoms with Crippen molar-refractivity contribution >= 4 is 39.6 Å². The van der Waals surface area contributed by atoms with Crippen LogP contribution in [0.5, 0.6) is 0 Å². The van der Waals surface area contributed by atoms with Gasteiger partial charge in [-0.3, -0.25) is 19.6 Å². The topological polar surface area (TPSA) is 103 Å². The molecule has 2 heterocycles. The van der Waals surface area contributed by atoms with Crippen molar-refractivity contribution in [2.24, 2.45) is 0 Å². The smallest absolute Gasteiger partial charge is 0.401 e. The summed E-state index contributed by atoms with van der Waals surface area (Å²) in [6.07, 6.45) is 4.34. The van der Waals surface area contributed by atoms with Crippen molar-refractivity contribution < 1.29 is 14.1 Å². The average molecular weight is 431 g/mol. The van der Waals surface area contributed by atoms with E-state index < -0.39 is 10.8 Å². The second kappa shape index (κ2) is 8.00. The Morgan fingerprint density at radius 1 is 1.33 bits per heavy atom. The molecule has 138 valence electrons. The van der Waals surface area contributed by atoms with Gasteiger partial charge >= 0.3 is 5.88 Å². The second-order valence-electron chi connectivity index (χ2n) is 5.76. The maximum Gasteiger partial charge on any atom is 0.433 e. The Morgan fingerprint density at radius 2 is 2.07 bits per heavy atom. The molecular weight excluding hydrogens is 416 g/mol. The zero-order valence-corrected chi connectivity index (χ0v) is 15.8. The zero-order chi connectivity index (χ0) is 19.4. The largest absolute Gasteiger partial charge is 0.433 e. The fraction of sp³-hybridized carbons (Fsp3) is 0.111. The molecule has 27 heavy (non-hydrogen) atoms. The van der Waals surface area contributed by atoms with Crippen molar-refractivity contribution in [2.45, 2.75) is 13.5 Å². The zero-order valence-electron chi connectivity index (χ0n) is 14.3. The molecule has 0 unspecified atom stereocenters. The van der Waals surface area contributed by atoms with Gasteiger partial charge in [-0.05, 0) is 40.6 Å². The molecule has 1 aromatic carbocycles. The number of nitrogens with one attached hydrogen (secondary N) is 1. The molecule has 0 radical (unpaired) electrons. The number of hydrogen-bond acceptors (Lipinski definition) is 5. The Labute approximate surface area is 162 Å². The highest BCUT2D eigenvalue weighted by molar-refractivity contribution is 9.10. The average Bonchev–Trinajstić information content (AvgIpc) is 3.22. The normalized spacial score (nSPS) is 11.0. The number of furan rings is 1. The number of nitro groups is 1. The predicted molar refractivity (Wildman–Crippen MR) is 103 cm³/mol. The van der Waals surface area contributed by atoms with Crippen molar-refractivity contribution in [3.63, 3.8) is 0 Å². The van der Waals surface area contributed by atoms with Crippen LogP contribution in [0.2, 0.25) is 0 Å². The minimum absolute atomic E-state index is 0.209. The van der Waals surface area contributed by atoms with Gasteiger partial charge in [-0.15, -0.1) is 0 Å². The van der Waals surface area contributed by atoms with Gasteiger partial charge in [0.05, 0.1) is 17.1 Å². The number of aryl methyl sites for hydroxylation is 1. The van der Waals surface area contributed by atoms with Crippen LogP contribution in [-0.4, -0.2) is 20.6 Å². The van der Waals surface area contributed by atoms with Crippen molar-refractivity contribution in [3.05, 3.63) is 80.1 Å². The number of aromatic nitrogens is 2. The molecule has 0 saturated carbocycles. The van der Waals surface area contributed by atoms with Crippen LogP contribution < -0.4 is 5.32 Å². The minimum atomic E-state index is -0.644. The maximum atomic E-state index is 12.0. The molecule has 3 rings (SSSR count). The van der Waals surface area contributed by atoms with E-state index in [4.69, 9.17) is 4.42 Å². The van der Waals surface area contributed by atoms with Gasteiger partial charge in [-0.1, -0.05) is 29.8 Å². The molecule has 0 spiro atoms. The number of halogens is 1. The van der Waals surface area contributed by atoms with Crippen molar-refractivity contribution in [1.82, 2.24) is 9.78 Å². The summed E-state index contributed by atoms with van der Waals surface area (Å²) in [7, 11) is 0. The number of nitrogens with zero attached hydrogens (tertiary/aromatic N) is 3. The number of rotatable bonds is 6. The first kappa shape index (κ1) is 18.6. The van der Waals surface area contributed by atoms with Gasteiger partial charge in [-0.2, -0.15) is 5.10 Å². The summed E-state index contributed by atoms with van der Waals surface area (Å²) in [4.78, 5) is 22.0. The van der Waals surface area contributed by atoms with Crippen molar-refractivity contribution in [2.75, 3.05) is 5.32 Å². The highest BCUT2D eigenvalue weighted by atomic mass is 79.9. The lowest BCUT2D eigenvalue weighted by Gasteiger charge is -2.02. The third-order valence-electron chi connectivity index (χ3n) is 3.62. The third-order valence-corrected chi connectivity index (χ3v) is 4.20. The maximum absolute atomic E-state index is 12.0. The summed E-state index contributed by atoms with van der Waals surface area (Å²) in [5.41, 5.74) is 2.27. The summed E-state index contributed by atoms with van der Waals surface area (Å²) >= 11 is 3.37. The third kappa shape index (κ3) is 4.91. The van der Waals surface area contributed by atoms with Crippen LogP contribution in [0.25, 0.3) is 6.08 Å². The molecule has 0 atom stereocenters.